The summed E-state index contributed by atoms with van der Waals surface area (Å²) in [5.74, 6) is 3.59. The van der Waals surface area contributed by atoms with Gasteiger partial charge in [0.1, 0.15) is 5.82 Å². The maximum atomic E-state index is 4.95. The third-order valence-corrected chi connectivity index (χ3v) is 7.32. The van der Waals surface area contributed by atoms with E-state index in [4.69, 9.17) is 9.97 Å². The third kappa shape index (κ3) is 2.85. The highest BCUT2D eigenvalue weighted by atomic mass is 32.2. The van der Waals surface area contributed by atoms with Gasteiger partial charge in [-0.3, -0.25) is 0 Å². The number of hydrogen-bond donors (Lipinski definition) is 1. The number of thioether (sulfide) groups is 2. The van der Waals surface area contributed by atoms with Gasteiger partial charge in [-0.15, -0.1) is 11.8 Å². The van der Waals surface area contributed by atoms with E-state index in [2.05, 4.69) is 42.7 Å². The van der Waals surface area contributed by atoms with E-state index >= 15 is 0 Å². The Labute approximate surface area is 130 Å². The standard InChI is InChI=1S/C15H23N3S2/c1-3-11-10-5-6-16-9-12(10)18-15(17-11)14-13(4-2)19-7-8-20-14/h13-14,16H,3-9H2,1-2H3. The highest BCUT2D eigenvalue weighted by Gasteiger charge is 2.30. The van der Waals surface area contributed by atoms with Crippen LogP contribution in [-0.4, -0.2) is 33.3 Å². The van der Waals surface area contributed by atoms with E-state index in [0.29, 0.717) is 10.5 Å². The third-order valence-electron chi connectivity index (χ3n) is 4.08. The summed E-state index contributed by atoms with van der Waals surface area (Å²) in [5, 5.41) is 4.60. The second kappa shape index (κ2) is 6.67. The highest BCUT2D eigenvalue weighted by molar-refractivity contribution is 8.06. The fraction of sp³-hybridized carbons (Fsp3) is 0.733. The largest absolute Gasteiger partial charge is 0.311 e. The van der Waals surface area contributed by atoms with Gasteiger partial charge in [0, 0.05) is 29.0 Å². The second-order valence-electron chi connectivity index (χ2n) is 5.34. The molecule has 0 radical (unpaired) electrons. The van der Waals surface area contributed by atoms with Crippen molar-refractivity contribution >= 4 is 23.5 Å². The van der Waals surface area contributed by atoms with Crippen molar-refractivity contribution in [2.45, 2.75) is 50.2 Å². The minimum Gasteiger partial charge on any atom is -0.311 e. The molecular weight excluding hydrogens is 286 g/mol. The van der Waals surface area contributed by atoms with Crippen LogP contribution >= 0.6 is 23.5 Å². The molecule has 3 rings (SSSR count). The quantitative estimate of drug-likeness (QED) is 0.929. The van der Waals surface area contributed by atoms with Crippen LogP contribution in [0.25, 0.3) is 0 Å². The van der Waals surface area contributed by atoms with Gasteiger partial charge in [-0.25, -0.2) is 9.97 Å². The zero-order valence-electron chi connectivity index (χ0n) is 12.3. The predicted molar refractivity (Wildman–Crippen MR) is 88.6 cm³/mol. The molecule has 2 unspecified atom stereocenters. The molecule has 2 aliphatic rings. The van der Waals surface area contributed by atoms with Crippen molar-refractivity contribution in [3.05, 3.63) is 22.8 Å². The molecule has 5 heteroatoms. The zero-order chi connectivity index (χ0) is 13.9. The summed E-state index contributed by atoms with van der Waals surface area (Å²) in [6, 6.07) is 0. The highest BCUT2D eigenvalue weighted by Crippen LogP contribution is 2.43. The Morgan fingerprint density at radius 1 is 1.20 bits per heavy atom. The number of hydrogen-bond acceptors (Lipinski definition) is 5. The molecule has 0 spiro atoms. The number of nitrogens with zero attached hydrogens (tertiary/aromatic N) is 2. The van der Waals surface area contributed by atoms with Crippen LogP contribution in [0.1, 0.15) is 48.3 Å². The lowest BCUT2D eigenvalue weighted by atomic mass is 10.0. The van der Waals surface area contributed by atoms with Gasteiger partial charge in [0.15, 0.2) is 0 Å². The average molecular weight is 310 g/mol. The Hall–Kier alpha value is -0.260. The van der Waals surface area contributed by atoms with Gasteiger partial charge in [-0.1, -0.05) is 13.8 Å². The van der Waals surface area contributed by atoms with Gasteiger partial charge in [-0.05, 0) is 31.4 Å². The molecule has 0 aliphatic carbocycles. The smallest absolute Gasteiger partial charge is 0.143 e. The zero-order valence-corrected chi connectivity index (χ0v) is 13.9. The molecule has 0 saturated carbocycles. The molecule has 3 nitrogen and oxygen atoms in total. The summed E-state index contributed by atoms with van der Waals surface area (Å²) < 4.78 is 0. The minimum absolute atomic E-state index is 0.483. The molecule has 1 saturated heterocycles. The Bertz CT molecular complexity index is 461. The van der Waals surface area contributed by atoms with Crippen molar-refractivity contribution in [1.29, 1.82) is 0 Å². The molecule has 3 heterocycles. The lowest BCUT2D eigenvalue weighted by molar-refractivity contribution is 0.603. The summed E-state index contributed by atoms with van der Waals surface area (Å²) in [7, 11) is 0. The number of aromatic nitrogens is 2. The first-order valence-corrected chi connectivity index (χ1v) is 9.75. The van der Waals surface area contributed by atoms with Crippen molar-refractivity contribution in [2.75, 3.05) is 18.1 Å². The van der Waals surface area contributed by atoms with Gasteiger partial charge < -0.3 is 5.32 Å². The molecule has 2 aliphatic heterocycles. The van der Waals surface area contributed by atoms with Crippen LogP contribution in [0.3, 0.4) is 0 Å². The Morgan fingerprint density at radius 3 is 2.85 bits per heavy atom. The molecule has 0 bridgehead atoms. The molecule has 0 amide bonds. The molecule has 1 N–H and O–H groups in total. The van der Waals surface area contributed by atoms with Gasteiger partial charge in [0.25, 0.3) is 0 Å². The normalized spacial score (nSPS) is 26.3. The van der Waals surface area contributed by atoms with Gasteiger partial charge >= 0.3 is 0 Å². The Balaban J connectivity index is 1.96. The Kier molecular flexibility index (Phi) is 4.89. The summed E-state index contributed by atoms with van der Waals surface area (Å²) in [4.78, 5) is 9.89. The van der Waals surface area contributed by atoms with E-state index < -0.39 is 0 Å². The maximum Gasteiger partial charge on any atom is 0.143 e. The van der Waals surface area contributed by atoms with E-state index in [-0.39, 0.29) is 0 Å². The van der Waals surface area contributed by atoms with Crippen molar-refractivity contribution < 1.29 is 0 Å². The summed E-state index contributed by atoms with van der Waals surface area (Å²) in [6.45, 7) is 6.49. The van der Waals surface area contributed by atoms with Crippen molar-refractivity contribution in [1.82, 2.24) is 15.3 Å². The Morgan fingerprint density at radius 2 is 2.05 bits per heavy atom. The first-order chi connectivity index (χ1) is 9.83. The monoisotopic (exact) mass is 309 g/mol. The number of aryl methyl sites for hydroxylation is 1. The molecule has 20 heavy (non-hydrogen) atoms. The van der Waals surface area contributed by atoms with Gasteiger partial charge in [0.05, 0.1) is 10.9 Å². The average Bonchev–Trinajstić information content (AvgIpc) is 2.53. The SMILES string of the molecule is CCc1nc(C2SCCSC2CC)nc2c1CCNC2. The lowest BCUT2D eigenvalue weighted by Gasteiger charge is -2.30. The lowest BCUT2D eigenvalue weighted by Crippen LogP contribution is -2.29. The summed E-state index contributed by atoms with van der Waals surface area (Å²) in [6.07, 6.45) is 3.32. The molecule has 0 aromatic carbocycles. The van der Waals surface area contributed by atoms with Crippen LogP contribution < -0.4 is 5.32 Å². The van der Waals surface area contributed by atoms with E-state index in [0.717, 1.165) is 31.8 Å². The number of rotatable bonds is 3. The predicted octanol–water partition coefficient (Wildman–Crippen LogP) is 2.98. The molecule has 110 valence electrons. The van der Waals surface area contributed by atoms with Crippen LogP contribution in [-0.2, 0) is 19.4 Å². The van der Waals surface area contributed by atoms with Crippen molar-refractivity contribution in [2.24, 2.45) is 0 Å². The second-order valence-corrected chi connectivity index (χ2v) is 7.94. The topological polar surface area (TPSA) is 37.8 Å². The molecular formula is C15H23N3S2. The van der Waals surface area contributed by atoms with Crippen LogP contribution in [0.15, 0.2) is 0 Å². The van der Waals surface area contributed by atoms with E-state index in [9.17, 15) is 0 Å². The molecule has 2 atom stereocenters. The van der Waals surface area contributed by atoms with Crippen molar-refractivity contribution in [3.8, 4) is 0 Å². The molecule has 1 aromatic rings. The number of fused-ring (bicyclic) bond motifs is 1. The van der Waals surface area contributed by atoms with Crippen molar-refractivity contribution in [3.63, 3.8) is 0 Å². The molecule has 1 fully saturated rings. The minimum atomic E-state index is 0.483. The van der Waals surface area contributed by atoms with Crippen LogP contribution in [0, 0.1) is 0 Å². The first-order valence-electron chi connectivity index (χ1n) is 7.66. The molecule has 1 aromatic heterocycles. The maximum absolute atomic E-state index is 4.95. The van der Waals surface area contributed by atoms with Crippen LogP contribution in [0.4, 0.5) is 0 Å². The first kappa shape index (κ1) is 14.7. The van der Waals surface area contributed by atoms with E-state index in [1.54, 1.807) is 0 Å². The summed E-state index contributed by atoms with van der Waals surface area (Å²) >= 11 is 4.15. The summed E-state index contributed by atoms with van der Waals surface area (Å²) in [5.41, 5.74) is 3.96. The van der Waals surface area contributed by atoms with Crippen LogP contribution in [0.2, 0.25) is 0 Å². The van der Waals surface area contributed by atoms with E-state index in [1.165, 1.54) is 34.9 Å². The fourth-order valence-electron chi connectivity index (χ4n) is 3.02. The van der Waals surface area contributed by atoms with Crippen LogP contribution in [0.5, 0.6) is 0 Å². The number of nitrogens with one attached hydrogen (secondary N) is 1. The fourth-order valence-corrected chi connectivity index (χ4v) is 6.01. The van der Waals surface area contributed by atoms with Gasteiger partial charge in [-0.2, -0.15) is 11.8 Å². The van der Waals surface area contributed by atoms with Gasteiger partial charge in [0.2, 0.25) is 0 Å². The van der Waals surface area contributed by atoms with E-state index in [1.807, 2.05) is 0 Å².